The normalized spacial score (nSPS) is 13.8. The maximum absolute atomic E-state index is 13.5. The molecule has 0 spiro atoms. The topological polar surface area (TPSA) is 62.3 Å². The molecule has 216 valence electrons. The summed E-state index contributed by atoms with van der Waals surface area (Å²) in [6, 6.07) is 29.0. The molecule has 1 heterocycles. The number of benzene rings is 4. The van der Waals surface area contributed by atoms with Gasteiger partial charge in [0.15, 0.2) is 0 Å². The number of hydrogen-bond acceptors (Lipinski definition) is 5. The van der Waals surface area contributed by atoms with Gasteiger partial charge in [0, 0.05) is 62.5 Å². The van der Waals surface area contributed by atoms with E-state index in [2.05, 4.69) is 11.0 Å². The van der Waals surface area contributed by atoms with Gasteiger partial charge in [0.05, 0.1) is 14.2 Å². The number of rotatable bonds is 10. The molecule has 0 saturated carbocycles. The summed E-state index contributed by atoms with van der Waals surface area (Å²) in [5, 5.41) is 2.20. The van der Waals surface area contributed by atoms with Crippen molar-refractivity contribution in [3.8, 4) is 11.5 Å². The Labute approximate surface area is 247 Å². The second-order valence-corrected chi connectivity index (χ2v) is 10.3. The minimum Gasteiger partial charge on any atom is -0.497 e. The quantitative estimate of drug-likeness (QED) is 0.256. The van der Waals surface area contributed by atoms with Crippen molar-refractivity contribution >= 4 is 28.7 Å². The number of nitrogens with zero attached hydrogens (tertiary/aromatic N) is 3. The largest absolute Gasteiger partial charge is 0.497 e. The van der Waals surface area contributed by atoms with Gasteiger partial charge in [-0.25, -0.2) is 0 Å². The van der Waals surface area contributed by atoms with Crippen LogP contribution in [0.15, 0.2) is 97.1 Å². The third-order valence-corrected chi connectivity index (χ3v) is 7.73. The lowest BCUT2D eigenvalue weighted by molar-refractivity contribution is 0.0610. The molecule has 0 unspecified atom stereocenters. The second-order valence-electron chi connectivity index (χ2n) is 10.3. The standard InChI is InChI=1S/C35H37N3O4/c1-41-32-17-15-29(16-18-32)34(39)37(19-7-11-28-9-5-6-12-33(28)42-2)23-20-36-21-24-38(25-22-36)35(40)31-14-13-27-8-3-4-10-30(27)26-31/h3-18,26H,19-25H2,1-2H3/b11-7+. The molecule has 0 N–H and O–H groups in total. The van der Waals surface area contributed by atoms with E-state index in [0.29, 0.717) is 37.5 Å². The van der Waals surface area contributed by atoms with Crippen LogP contribution in [0, 0.1) is 0 Å². The summed E-state index contributed by atoms with van der Waals surface area (Å²) in [5.41, 5.74) is 2.30. The van der Waals surface area contributed by atoms with Crippen molar-refractivity contribution in [1.82, 2.24) is 14.7 Å². The van der Waals surface area contributed by atoms with Crippen molar-refractivity contribution in [3.63, 3.8) is 0 Å². The summed E-state index contributed by atoms with van der Waals surface area (Å²) in [7, 11) is 3.27. The van der Waals surface area contributed by atoms with Crippen LogP contribution < -0.4 is 9.47 Å². The molecule has 0 atom stereocenters. The molecule has 1 fully saturated rings. The smallest absolute Gasteiger partial charge is 0.254 e. The van der Waals surface area contributed by atoms with Gasteiger partial charge >= 0.3 is 0 Å². The fourth-order valence-electron chi connectivity index (χ4n) is 5.24. The van der Waals surface area contributed by atoms with Crippen LogP contribution in [0.2, 0.25) is 0 Å². The van der Waals surface area contributed by atoms with Gasteiger partial charge in [0.25, 0.3) is 11.8 Å². The van der Waals surface area contributed by atoms with Crippen LogP contribution in [-0.4, -0.2) is 86.5 Å². The molecule has 5 rings (SSSR count). The second kappa shape index (κ2) is 13.8. The fourth-order valence-corrected chi connectivity index (χ4v) is 5.24. The zero-order valence-electron chi connectivity index (χ0n) is 24.2. The molecule has 42 heavy (non-hydrogen) atoms. The van der Waals surface area contributed by atoms with E-state index in [9.17, 15) is 9.59 Å². The summed E-state index contributed by atoms with van der Waals surface area (Å²) in [6.45, 7) is 4.60. The predicted molar refractivity (Wildman–Crippen MR) is 167 cm³/mol. The number of carbonyl (C=O) groups excluding carboxylic acids is 2. The first kappa shape index (κ1) is 28.9. The highest BCUT2D eigenvalue weighted by Gasteiger charge is 2.23. The highest BCUT2D eigenvalue weighted by atomic mass is 16.5. The molecule has 4 aromatic carbocycles. The first-order chi connectivity index (χ1) is 20.6. The fraction of sp³-hybridized carbons (Fsp3) is 0.257. The van der Waals surface area contributed by atoms with Gasteiger partial charge in [-0.2, -0.15) is 0 Å². The number of methoxy groups -OCH3 is 2. The number of hydrogen-bond donors (Lipinski definition) is 0. The van der Waals surface area contributed by atoms with Crippen molar-refractivity contribution < 1.29 is 19.1 Å². The molecule has 0 aliphatic carbocycles. The Hall–Kier alpha value is -4.62. The molecule has 0 aromatic heterocycles. The van der Waals surface area contributed by atoms with Gasteiger partial charge in [-0.05, 0) is 53.2 Å². The Kier molecular flexibility index (Phi) is 9.51. The van der Waals surface area contributed by atoms with E-state index in [4.69, 9.17) is 9.47 Å². The van der Waals surface area contributed by atoms with Crippen LogP contribution >= 0.6 is 0 Å². The highest BCUT2D eigenvalue weighted by Crippen LogP contribution is 2.20. The SMILES string of the molecule is COc1ccc(C(=O)N(C/C=C/c2ccccc2OC)CCN2CCN(C(=O)c3ccc4ccccc4c3)CC2)cc1. The lowest BCUT2D eigenvalue weighted by Crippen LogP contribution is -2.50. The van der Waals surface area contributed by atoms with E-state index >= 15 is 0 Å². The van der Waals surface area contributed by atoms with Crippen LogP contribution in [0.25, 0.3) is 16.8 Å². The van der Waals surface area contributed by atoms with E-state index in [0.717, 1.165) is 47.3 Å². The minimum absolute atomic E-state index is 0.0348. The first-order valence-corrected chi connectivity index (χ1v) is 14.3. The number of para-hydroxylation sites is 1. The number of carbonyl (C=O) groups is 2. The van der Waals surface area contributed by atoms with Gasteiger partial charge in [0.2, 0.25) is 0 Å². The Morgan fingerprint density at radius 2 is 1.48 bits per heavy atom. The average Bonchev–Trinajstić information content (AvgIpc) is 3.06. The monoisotopic (exact) mass is 563 g/mol. The van der Waals surface area contributed by atoms with Gasteiger partial charge < -0.3 is 19.3 Å². The lowest BCUT2D eigenvalue weighted by atomic mass is 10.1. The number of ether oxygens (including phenoxy) is 2. The van der Waals surface area contributed by atoms with Crippen LogP contribution in [0.4, 0.5) is 0 Å². The molecule has 0 bridgehead atoms. The molecule has 4 aromatic rings. The summed E-state index contributed by atoms with van der Waals surface area (Å²) < 4.78 is 10.7. The van der Waals surface area contributed by atoms with Crippen LogP contribution in [0.1, 0.15) is 26.3 Å². The summed E-state index contributed by atoms with van der Waals surface area (Å²) >= 11 is 0. The van der Waals surface area contributed by atoms with Crippen LogP contribution in [0.3, 0.4) is 0 Å². The Bertz CT molecular complexity index is 1540. The van der Waals surface area contributed by atoms with Crippen molar-refractivity contribution in [2.24, 2.45) is 0 Å². The first-order valence-electron chi connectivity index (χ1n) is 14.3. The van der Waals surface area contributed by atoms with Crippen molar-refractivity contribution in [1.29, 1.82) is 0 Å². The lowest BCUT2D eigenvalue weighted by Gasteiger charge is -2.36. The van der Waals surface area contributed by atoms with Gasteiger partial charge in [-0.15, -0.1) is 0 Å². The van der Waals surface area contributed by atoms with Gasteiger partial charge in [-0.1, -0.05) is 60.7 Å². The van der Waals surface area contributed by atoms with E-state index < -0.39 is 0 Å². The molecule has 7 nitrogen and oxygen atoms in total. The molecule has 2 amide bonds. The van der Waals surface area contributed by atoms with Crippen molar-refractivity contribution in [3.05, 3.63) is 114 Å². The zero-order valence-corrected chi connectivity index (χ0v) is 24.2. The predicted octanol–water partition coefficient (Wildman–Crippen LogP) is 5.47. The molecule has 1 aliphatic rings. The third kappa shape index (κ3) is 6.98. The van der Waals surface area contributed by atoms with E-state index in [1.54, 1.807) is 26.4 Å². The van der Waals surface area contributed by atoms with Crippen molar-refractivity contribution in [2.75, 3.05) is 60.0 Å². The van der Waals surface area contributed by atoms with E-state index in [1.165, 1.54) is 0 Å². The van der Waals surface area contributed by atoms with Crippen molar-refractivity contribution in [2.45, 2.75) is 0 Å². The number of amides is 2. The number of fused-ring (bicyclic) bond motifs is 1. The summed E-state index contributed by atoms with van der Waals surface area (Å²) in [5.74, 6) is 1.54. The number of piperazine rings is 1. The molecule has 1 saturated heterocycles. The minimum atomic E-state index is -0.0348. The third-order valence-electron chi connectivity index (χ3n) is 7.73. The molecular formula is C35H37N3O4. The Morgan fingerprint density at radius 3 is 2.21 bits per heavy atom. The molecule has 7 heteroatoms. The van der Waals surface area contributed by atoms with Crippen LogP contribution in [0.5, 0.6) is 11.5 Å². The van der Waals surface area contributed by atoms with Gasteiger partial charge in [-0.3, -0.25) is 14.5 Å². The maximum atomic E-state index is 13.5. The maximum Gasteiger partial charge on any atom is 0.254 e. The molecular weight excluding hydrogens is 526 g/mol. The Morgan fingerprint density at radius 1 is 0.786 bits per heavy atom. The Balaban J connectivity index is 1.21. The average molecular weight is 564 g/mol. The highest BCUT2D eigenvalue weighted by molar-refractivity contribution is 5.98. The molecule has 1 aliphatic heterocycles. The zero-order chi connectivity index (χ0) is 29.3. The van der Waals surface area contributed by atoms with Crippen LogP contribution in [-0.2, 0) is 0 Å². The molecule has 0 radical (unpaired) electrons. The van der Waals surface area contributed by atoms with E-state index in [-0.39, 0.29) is 11.8 Å². The summed E-state index contributed by atoms with van der Waals surface area (Å²) in [4.78, 5) is 32.9. The summed E-state index contributed by atoms with van der Waals surface area (Å²) in [6.07, 6.45) is 3.99. The van der Waals surface area contributed by atoms with Gasteiger partial charge in [0.1, 0.15) is 11.5 Å². The van der Waals surface area contributed by atoms with E-state index in [1.807, 2.05) is 94.7 Å².